The van der Waals surface area contributed by atoms with Crippen molar-refractivity contribution in [2.24, 2.45) is 17.8 Å². The van der Waals surface area contributed by atoms with E-state index in [9.17, 15) is 9.59 Å². The molecular weight excluding hydrogens is 228 g/mol. The molecule has 0 aromatic heterocycles. The molecule has 98 valence electrons. The summed E-state index contributed by atoms with van der Waals surface area (Å²) in [6.45, 7) is 2.73. The van der Waals surface area contributed by atoms with Crippen LogP contribution in [-0.2, 0) is 9.59 Å². The lowest BCUT2D eigenvalue weighted by atomic mass is 9.85. The van der Waals surface area contributed by atoms with Crippen LogP contribution >= 0.6 is 0 Å². The van der Waals surface area contributed by atoms with Crippen LogP contribution < -0.4 is 5.32 Å². The van der Waals surface area contributed by atoms with Gasteiger partial charge in [0.05, 0.1) is 11.8 Å². The topological polar surface area (TPSA) is 49.4 Å². The fourth-order valence-electron chi connectivity index (χ4n) is 3.36. The largest absolute Gasteiger partial charge is 0.316 e. The standard InChI is InChI=1S/C14H20N2O2/c17-13-11-3-1-2-4-12(11)14(18)16(13)8-6-10-5-7-15-9-10/h1-2,10-12,15H,3-9H2/t10?,11-,12+. The Morgan fingerprint density at radius 1 is 1.17 bits per heavy atom. The molecule has 2 heterocycles. The zero-order valence-corrected chi connectivity index (χ0v) is 10.6. The Morgan fingerprint density at radius 3 is 2.39 bits per heavy atom. The Labute approximate surface area is 107 Å². The molecule has 3 rings (SSSR count). The third kappa shape index (κ3) is 1.99. The van der Waals surface area contributed by atoms with Crippen LogP contribution in [0.2, 0.25) is 0 Å². The highest BCUT2D eigenvalue weighted by molar-refractivity contribution is 6.05. The molecule has 4 heteroatoms. The van der Waals surface area contributed by atoms with Crippen molar-refractivity contribution in [2.45, 2.75) is 25.7 Å². The number of amides is 2. The summed E-state index contributed by atoms with van der Waals surface area (Å²) in [5.74, 6) is 0.639. The van der Waals surface area contributed by atoms with Crippen molar-refractivity contribution in [1.82, 2.24) is 10.2 Å². The molecule has 0 spiro atoms. The molecular formula is C14H20N2O2. The predicted molar refractivity (Wildman–Crippen MR) is 67.7 cm³/mol. The second-order valence-electron chi connectivity index (χ2n) is 5.63. The summed E-state index contributed by atoms with van der Waals surface area (Å²) in [6.07, 6.45) is 7.70. The van der Waals surface area contributed by atoms with Gasteiger partial charge in [0.15, 0.2) is 0 Å². The van der Waals surface area contributed by atoms with Crippen LogP contribution in [0.25, 0.3) is 0 Å². The maximum Gasteiger partial charge on any atom is 0.233 e. The van der Waals surface area contributed by atoms with Gasteiger partial charge in [0.25, 0.3) is 0 Å². The van der Waals surface area contributed by atoms with Gasteiger partial charge in [0.1, 0.15) is 0 Å². The number of imide groups is 1. The molecule has 2 saturated heterocycles. The lowest BCUT2D eigenvalue weighted by Gasteiger charge is -2.16. The third-order valence-corrected chi connectivity index (χ3v) is 4.52. The molecule has 1 aliphatic carbocycles. The predicted octanol–water partition coefficient (Wildman–Crippen LogP) is 0.937. The minimum atomic E-state index is -0.0656. The smallest absolute Gasteiger partial charge is 0.233 e. The van der Waals surface area contributed by atoms with Crippen molar-refractivity contribution in [3.8, 4) is 0 Å². The lowest BCUT2D eigenvalue weighted by Crippen LogP contribution is -2.33. The van der Waals surface area contributed by atoms with Gasteiger partial charge < -0.3 is 5.32 Å². The van der Waals surface area contributed by atoms with Crippen molar-refractivity contribution >= 4 is 11.8 Å². The number of nitrogens with zero attached hydrogens (tertiary/aromatic N) is 1. The molecule has 3 aliphatic rings. The first-order valence-electron chi connectivity index (χ1n) is 6.98. The van der Waals surface area contributed by atoms with E-state index in [0.717, 1.165) is 32.4 Å². The highest BCUT2D eigenvalue weighted by Gasteiger charge is 2.46. The molecule has 2 amide bonds. The third-order valence-electron chi connectivity index (χ3n) is 4.52. The van der Waals surface area contributed by atoms with E-state index < -0.39 is 0 Å². The quantitative estimate of drug-likeness (QED) is 0.597. The Balaban J connectivity index is 1.62. The molecule has 1 unspecified atom stereocenters. The molecule has 1 N–H and O–H groups in total. The average Bonchev–Trinajstić information content (AvgIpc) is 2.98. The average molecular weight is 248 g/mol. The van der Waals surface area contributed by atoms with E-state index in [2.05, 4.69) is 5.32 Å². The van der Waals surface area contributed by atoms with Crippen molar-refractivity contribution in [1.29, 1.82) is 0 Å². The van der Waals surface area contributed by atoms with Gasteiger partial charge in [-0.15, -0.1) is 0 Å². The van der Waals surface area contributed by atoms with Crippen molar-refractivity contribution in [3.63, 3.8) is 0 Å². The van der Waals surface area contributed by atoms with Crippen LogP contribution in [0.4, 0.5) is 0 Å². The van der Waals surface area contributed by atoms with Crippen LogP contribution in [0.15, 0.2) is 12.2 Å². The monoisotopic (exact) mass is 248 g/mol. The minimum absolute atomic E-state index is 0.0656. The van der Waals surface area contributed by atoms with E-state index in [-0.39, 0.29) is 23.7 Å². The molecule has 4 nitrogen and oxygen atoms in total. The van der Waals surface area contributed by atoms with Crippen LogP contribution in [0.5, 0.6) is 0 Å². The number of hydrogen-bond donors (Lipinski definition) is 1. The molecule has 3 atom stereocenters. The van der Waals surface area contributed by atoms with Crippen LogP contribution in [0, 0.1) is 17.8 Å². The zero-order chi connectivity index (χ0) is 12.5. The summed E-state index contributed by atoms with van der Waals surface area (Å²) in [4.78, 5) is 25.9. The summed E-state index contributed by atoms with van der Waals surface area (Å²) >= 11 is 0. The summed E-state index contributed by atoms with van der Waals surface area (Å²) in [5, 5.41) is 3.32. The van der Waals surface area contributed by atoms with E-state index in [1.54, 1.807) is 0 Å². The van der Waals surface area contributed by atoms with Gasteiger partial charge >= 0.3 is 0 Å². The van der Waals surface area contributed by atoms with Crippen LogP contribution in [0.1, 0.15) is 25.7 Å². The van der Waals surface area contributed by atoms with Crippen molar-refractivity contribution < 1.29 is 9.59 Å². The molecule has 0 aromatic carbocycles. The maximum absolute atomic E-state index is 12.2. The number of carbonyl (C=O) groups excluding carboxylic acids is 2. The number of hydrogen-bond acceptors (Lipinski definition) is 3. The molecule has 0 aromatic rings. The first-order valence-corrected chi connectivity index (χ1v) is 6.98. The van der Waals surface area contributed by atoms with E-state index in [1.807, 2.05) is 12.2 Å². The Bertz CT molecular complexity index is 359. The fraction of sp³-hybridized carbons (Fsp3) is 0.714. The number of carbonyl (C=O) groups is 2. The van der Waals surface area contributed by atoms with Gasteiger partial charge in [-0.25, -0.2) is 0 Å². The highest BCUT2D eigenvalue weighted by atomic mass is 16.2. The van der Waals surface area contributed by atoms with Crippen LogP contribution in [0.3, 0.4) is 0 Å². The van der Waals surface area contributed by atoms with Gasteiger partial charge in [-0.05, 0) is 44.7 Å². The van der Waals surface area contributed by atoms with Crippen molar-refractivity contribution in [3.05, 3.63) is 12.2 Å². The van der Waals surface area contributed by atoms with E-state index in [0.29, 0.717) is 12.5 Å². The fourth-order valence-corrected chi connectivity index (χ4v) is 3.36. The Hall–Kier alpha value is -1.16. The van der Waals surface area contributed by atoms with Gasteiger partial charge in [-0.3, -0.25) is 14.5 Å². The van der Waals surface area contributed by atoms with Gasteiger partial charge in [0, 0.05) is 6.54 Å². The summed E-state index contributed by atoms with van der Waals surface area (Å²) in [6, 6.07) is 0. The Kier molecular flexibility index (Phi) is 3.20. The van der Waals surface area contributed by atoms with E-state index in [4.69, 9.17) is 0 Å². The van der Waals surface area contributed by atoms with Crippen molar-refractivity contribution in [2.75, 3.05) is 19.6 Å². The molecule has 2 aliphatic heterocycles. The number of likely N-dealkylation sites (tertiary alicyclic amines) is 1. The number of fused-ring (bicyclic) bond motifs is 1. The first-order chi connectivity index (χ1) is 8.77. The van der Waals surface area contributed by atoms with E-state index in [1.165, 1.54) is 11.3 Å². The zero-order valence-electron chi connectivity index (χ0n) is 10.6. The van der Waals surface area contributed by atoms with E-state index >= 15 is 0 Å². The lowest BCUT2D eigenvalue weighted by molar-refractivity contribution is -0.140. The number of rotatable bonds is 3. The normalized spacial score (nSPS) is 35.3. The maximum atomic E-state index is 12.2. The van der Waals surface area contributed by atoms with Gasteiger partial charge in [0.2, 0.25) is 11.8 Å². The Morgan fingerprint density at radius 2 is 1.83 bits per heavy atom. The molecule has 0 saturated carbocycles. The first kappa shape index (κ1) is 11.9. The summed E-state index contributed by atoms with van der Waals surface area (Å²) in [5.41, 5.74) is 0. The molecule has 18 heavy (non-hydrogen) atoms. The minimum Gasteiger partial charge on any atom is -0.316 e. The molecule has 0 radical (unpaired) electrons. The summed E-state index contributed by atoms with van der Waals surface area (Å²) < 4.78 is 0. The molecule has 2 fully saturated rings. The SMILES string of the molecule is O=C1[C@H]2CC=CC[C@H]2C(=O)N1CCC1CCNC1. The second kappa shape index (κ2) is 4.84. The van der Waals surface area contributed by atoms with Gasteiger partial charge in [-0.1, -0.05) is 12.2 Å². The number of nitrogens with one attached hydrogen (secondary N) is 1. The molecule has 0 bridgehead atoms. The van der Waals surface area contributed by atoms with Gasteiger partial charge in [-0.2, -0.15) is 0 Å². The summed E-state index contributed by atoms with van der Waals surface area (Å²) in [7, 11) is 0. The highest BCUT2D eigenvalue weighted by Crippen LogP contribution is 2.35. The van der Waals surface area contributed by atoms with Crippen LogP contribution in [-0.4, -0.2) is 36.3 Å². The second-order valence-corrected chi connectivity index (χ2v) is 5.63. The number of allylic oxidation sites excluding steroid dienone is 2.